The highest BCUT2D eigenvalue weighted by atomic mass is 35.5. The van der Waals surface area contributed by atoms with Crippen LogP contribution in [0.25, 0.3) is 0 Å². The highest BCUT2D eigenvalue weighted by molar-refractivity contribution is 6.33. The fourth-order valence-electron chi connectivity index (χ4n) is 1.82. The van der Waals surface area contributed by atoms with Crippen molar-refractivity contribution in [2.75, 3.05) is 5.32 Å². The summed E-state index contributed by atoms with van der Waals surface area (Å²) in [4.78, 5) is 0. The average Bonchev–Trinajstić information content (AvgIpc) is 2.29. The molecule has 17 heavy (non-hydrogen) atoms. The molecule has 0 aliphatic rings. The molecular formula is C14H21ClFN. The first-order chi connectivity index (χ1) is 8.13. The first-order valence-corrected chi connectivity index (χ1v) is 6.73. The third-order valence-electron chi connectivity index (χ3n) is 2.82. The van der Waals surface area contributed by atoms with E-state index in [0.29, 0.717) is 16.8 Å². The normalized spacial score (nSPS) is 12.5. The van der Waals surface area contributed by atoms with E-state index >= 15 is 0 Å². The van der Waals surface area contributed by atoms with Gasteiger partial charge in [0.25, 0.3) is 0 Å². The zero-order valence-electron chi connectivity index (χ0n) is 10.6. The number of hydrogen-bond acceptors (Lipinski definition) is 1. The molecule has 1 unspecified atom stereocenters. The molecule has 1 aromatic rings. The first kappa shape index (κ1) is 14.3. The van der Waals surface area contributed by atoms with Crippen LogP contribution >= 0.6 is 11.6 Å². The third kappa shape index (κ3) is 5.40. The molecule has 1 atom stereocenters. The lowest BCUT2D eigenvalue weighted by atomic mass is 10.1. The summed E-state index contributed by atoms with van der Waals surface area (Å²) < 4.78 is 13.1. The van der Waals surface area contributed by atoms with E-state index in [4.69, 9.17) is 11.6 Å². The number of unbranched alkanes of at least 4 members (excludes halogenated alkanes) is 3. The molecule has 0 spiro atoms. The van der Waals surface area contributed by atoms with Gasteiger partial charge >= 0.3 is 0 Å². The summed E-state index contributed by atoms with van der Waals surface area (Å²) >= 11 is 5.99. The van der Waals surface area contributed by atoms with Crippen molar-refractivity contribution in [3.63, 3.8) is 0 Å². The Labute approximate surface area is 108 Å². The van der Waals surface area contributed by atoms with Gasteiger partial charge < -0.3 is 5.32 Å². The molecule has 0 heterocycles. The molecule has 0 radical (unpaired) electrons. The second kappa shape index (κ2) is 7.54. The number of rotatable bonds is 7. The number of hydrogen-bond donors (Lipinski definition) is 1. The monoisotopic (exact) mass is 257 g/mol. The van der Waals surface area contributed by atoms with Gasteiger partial charge in [0.1, 0.15) is 5.82 Å². The summed E-state index contributed by atoms with van der Waals surface area (Å²) in [6, 6.07) is 4.74. The first-order valence-electron chi connectivity index (χ1n) is 6.35. The van der Waals surface area contributed by atoms with Crippen LogP contribution in [0.15, 0.2) is 18.2 Å². The summed E-state index contributed by atoms with van der Waals surface area (Å²) in [6.07, 6.45) is 6.09. The SMILES string of the molecule is CCCCCCC(C)Nc1cc(F)ccc1Cl. The van der Waals surface area contributed by atoms with Crippen LogP contribution in [0.4, 0.5) is 10.1 Å². The number of halogens is 2. The molecule has 1 aromatic carbocycles. The van der Waals surface area contributed by atoms with Gasteiger partial charge in [-0.3, -0.25) is 0 Å². The van der Waals surface area contributed by atoms with Gasteiger partial charge in [-0.1, -0.05) is 44.2 Å². The lowest BCUT2D eigenvalue weighted by Gasteiger charge is -2.16. The highest BCUT2D eigenvalue weighted by Gasteiger charge is 2.06. The molecular weight excluding hydrogens is 237 g/mol. The van der Waals surface area contributed by atoms with Gasteiger partial charge in [0.2, 0.25) is 0 Å². The zero-order valence-corrected chi connectivity index (χ0v) is 11.4. The maximum absolute atomic E-state index is 13.1. The molecule has 0 aliphatic heterocycles. The quantitative estimate of drug-likeness (QED) is 0.658. The molecule has 1 nitrogen and oxygen atoms in total. The van der Waals surface area contributed by atoms with E-state index in [1.807, 2.05) is 0 Å². The maximum Gasteiger partial charge on any atom is 0.125 e. The molecule has 3 heteroatoms. The van der Waals surface area contributed by atoms with E-state index in [2.05, 4.69) is 19.2 Å². The average molecular weight is 258 g/mol. The molecule has 1 N–H and O–H groups in total. The highest BCUT2D eigenvalue weighted by Crippen LogP contribution is 2.23. The standard InChI is InChI=1S/C14H21ClFN/c1-3-4-5-6-7-11(2)17-14-10-12(16)8-9-13(14)15/h8-11,17H,3-7H2,1-2H3. The second-order valence-electron chi connectivity index (χ2n) is 4.52. The fourth-order valence-corrected chi connectivity index (χ4v) is 2.00. The Morgan fingerprint density at radius 3 is 2.76 bits per heavy atom. The van der Waals surface area contributed by atoms with Crippen LogP contribution in [0.2, 0.25) is 5.02 Å². The van der Waals surface area contributed by atoms with Crippen LogP contribution in [-0.4, -0.2) is 6.04 Å². The van der Waals surface area contributed by atoms with Crippen LogP contribution in [0, 0.1) is 5.82 Å². The van der Waals surface area contributed by atoms with Crippen LogP contribution < -0.4 is 5.32 Å². The molecule has 1 rings (SSSR count). The molecule has 96 valence electrons. The Bertz CT molecular complexity index is 341. The zero-order chi connectivity index (χ0) is 12.7. The van der Waals surface area contributed by atoms with Crippen LogP contribution in [-0.2, 0) is 0 Å². The Morgan fingerprint density at radius 2 is 2.06 bits per heavy atom. The van der Waals surface area contributed by atoms with Crippen LogP contribution in [0.3, 0.4) is 0 Å². The number of anilines is 1. The van der Waals surface area contributed by atoms with Gasteiger partial charge in [-0.2, -0.15) is 0 Å². The van der Waals surface area contributed by atoms with Gasteiger partial charge in [0, 0.05) is 6.04 Å². The molecule has 0 amide bonds. The summed E-state index contributed by atoms with van der Waals surface area (Å²) in [5.74, 6) is -0.255. The number of benzene rings is 1. The minimum atomic E-state index is -0.255. The summed E-state index contributed by atoms with van der Waals surface area (Å²) in [6.45, 7) is 4.31. The topological polar surface area (TPSA) is 12.0 Å². The van der Waals surface area contributed by atoms with E-state index in [9.17, 15) is 4.39 Å². The van der Waals surface area contributed by atoms with Crippen molar-refractivity contribution in [1.29, 1.82) is 0 Å². The van der Waals surface area contributed by atoms with Crippen LogP contribution in [0.1, 0.15) is 46.0 Å². The summed E-state index contributed by atoms with van der Waals surface area (Å²) in [5.41, 5.74) is 0.689. The molecule has 0 fully saturated rings. The van der Waals surface area contributed by atoms with Gasteiger partial charge in [-0.15, -0.1) is 0 Å². The molecule has 0 aromatic heterocycles. The van der Waals surface area contributed by atoms with E-state index in [1.54, 1.807) is 6.07 Å². The Balaban J connectivity index is 2.39. The summed E-state index contributed by atoms with van der Waals surface area (Å²) in [5, 5.41) is 3.83. The van der Waals surface area contributed by atoms with Gasteiger partial charge in [-0.05, 0) is 31.5 Å². The van der Waals surface area contributed by atoms with Gasteiger partial charge in [0.15, 0.2) is 0 Å². The summed E-state index contributed by atoms with van der Waals surface area (Å²) in [7, 11) is 0. The van der Waals surface area contributed by atoms with Crippen molar-refractivity contribution in [3.8, 4) is 0 Å². The Morgan fingerprint density at radius 1 is 1.29 bits per heavy atom. The molecule has 0 bridgehead atoms. The van der Waals surface area contributed by atoms with Crippen molar-refractivity contribution in [2.24, 2.45) is 0 Å². The van der Waals surface area contributed by atoms with Crippen molar-refractivity contribution >= 4 is 17.3 Å². The van der Waals surface area contributed by atoms with E-state index in [0.717, 1.165) is 6.42 Å². The Hall–Kier alpha value is -0.760. The van der Waals surface area contributed by atoms with E-state index < -0.39 is 0 Å². The second-order valence-corrected chi connectivity index (χ2v) is 4.93. The predicted molar refractivity (Wildman–Crippen MR) is 73.3 cm³/mol. The van der Waals surface area contributed by atoms with Gasteiger partial charge in [-0.25, -0.2) is 4.39 Å². The molecule has 0 saturated carbocycles. The molecule has 0 saturated heterocycles. The predicted octanol–water partition coefficient (Wildman–Crippen LogP) is 5.25. The van der Waals surface area contributed by atoms with E-state index in [1.165, 1.54) is 37.8 Å². The van der Waals surface area contributed by atoms with Crippen molar-refractivity contribution in [1.82, 2.24) is 0 Å². The van der Waals surface area contributed by atoms with Crippen molar-refractivity contribution in [3.05, 3.63) is 29.0 Å². The fraction of sp³-hybridized carbons (Fsp3) is 0.571. The van der Waals surface area contributed by atoms with Crippen molar-refractivity contribution < 1.29 is 4.39 Å². The van der Waals surface area contributed by atoms with E-state index in [-0.39, 0.29) is 5.82 Å². The van der Waals surface area contributed by atoms with Crippen LogP contribution in [0.5, 0.6) is 0 Å². The number of nitrogens with one attached hydrogen (secondary N) is 1. The maximum atomic E-state index is 13.1. The molecule has 0 aliphatic carbocycles. The smallest absolute Gasteiger partial charge is 0.125 e. The lowest BCUT2D eigenvalue weighted by molar-refractivity contribution is 0.593. The third-order valence-corrected chi connectivity index (χ3v) is 3.15. The minimum absolute atomic E-state index is 0.255. The van der Waals surface area contributed by atoms with Gasteiger partial charge in [0.05, 0.1) is 10.7 Å². The lowest BCUT2D eigenvalue weighted by Crippen LogP contribution is -2.15. The largest absolute Gasteiger partial charge is 0.381 e. The Kier molecular flexibility index (Phi) is 6.35. The minimum Gasteiger partial charge on any atom is -0.381 e. The van der Waals surface area contributed by atoms with Crippen molar-refractivity contribution in [2.45, 2.75) is 52.0 Å².